The van der Waals surface area contributed by atoms with Gasteiger partial charge in [0.1, 0.15) is 11.5 Å². The molecular formula is C35H35ClF3N3O3. The smallest absolute Gasteiger partial charge is 0.494 e. The van der Waals surface area contributed by atoms with Gasteiger partial charge in [0.05, 0.1) is 12.3 Å². The average molecular weight is 638 g/mol. The summed E-state index contributed by atoms with van der Waals surface area (Å²) in [5, 5.41) is 8.25. The van der Waals surface area contributed by atoms with Gasteiger partial charge in [-0.05, 0) is 104 Å². The molecule has 5 rings (SSSR count). The fourth-order valence-corrected chi connectivity index (χ4v) is 6.09. The van der Waals surface area contributed by atoms with Crippen molar-refractivity contribution in [2.45, 2.75) is 59.9 Å². The van der Waals surface area contributed by atoms with Crippen molar-refractivity contribution in [3.63, 3.8) is 0 Å². The number of carbonyl (C=O) groups excluding carboxylic acids is 1. The van der Waals surface area contributed by atoms with Gasteiger partial charge in [-0.1, -0.05) is 41.9 Å². The second-order valence-corrected chi connectivity index (χ2v) is 11.7. The summed E-state index contributed by atoms with van der Waals surface area (Å²) < 4.78 is 50.1. The number of aromatic nitrogens is 2. The molecule has 0 aliphatic heterocycles. The average Bonchev–Trinajstić information content (AvgIpc) is 3.47. The molecule has 1 aromatic heterocycles. The number of hydrogen-bond acceptors (Lipinski definition) is 4. The van der Waals surface area contributed by atoms with Crippen LogP contribution in [0.3, 0.4) is 0 Å². The van der Waals surface area contributed by atoms with Crippen LogP contribution in [-0.2, 0) is 24.8 Å². The van der Waals surface area contributed by atoms with Crippen LogP contribution in [0.5, 0.6) is 11.5 Å². The first-order valence-corrected chi connectivity index (χ1v) is 15.1. The van der Waals surface area contributed by atoms with Gasteiger partial charge >= 0.3 is 6.36 Å². The number of carbonyl (C=O) groups is 1. The van der Waals surface area contributed by atoms with E-state index in [0.717, 1.165) is 61.1 Å². The van der Waals surface area contributed by atoms with Crippen molar-refractivity contribution in [2.75, 3.05) is 6.61 Å². The summed E-state index contributed by atoms with van der Waals surface area (Å²) in [4.78, 5) is 13.7. The minimum atomic E-state index is -4.80. The van der Waals surface area contributed by atoms with E-state index in [9.17, 15) is 18.0 Å². The third-order valence-electron chi connectivity index (χ3n) is 8.11. The van der Waals surface area contributed by atoms with Crippen molar-refractivity contribution in [3.05, 3.63) is 104 Å². The third-order valence-corrected chi connectivity index (χ3v) is 8.70. The molecule has 45 heavy (non-hydrogen) atoms. The number of amides is 1. The minimum Gasteiger partial charge on any atom is -0.494 e. The van der Waals surface area contributed by atoms with Gasteiger partial charge in [0.2, 0.25) is 5.91 Å². The number of nitrogens with zero attached hydrogens (tertiary/aromatic N) is 2. The molecule has 0 bridgehead atoms. The number of hydrogen-bond donors (Lipinski definition) is 1. The van der Waals surface area contributed by atoms with Crippen LogP contribution < -0.4 is 14.8 Å². The lowest BCUT2D eigenvalue weighted by Crippen LogP contribution is -2.25. The lowest BCUT2D eigenvalue weighted by molar-refractivity contribution is -0.274. The van der Waals surface area contributed by atoms with Crippen LogP contribution in [0.15, 0.2) is 60.2 Å². The van der Waals surface area contributed by atoms with E-state index in [1.54, 1.807) is 6.07 Å². The number of fused-ring (bicyclic) bond motifs is 1. The number of ether oxygens (including phenoxy) is 2. The summed E-state index contributed by atoms with van der Waals surface area (Å²) in [5.74, 6) is 0.147. The summed E-state index contributed by atoms with van der Waals surface area (Å²) in [6.45, 7) is 8.38. The number of alkyl halides is 3. The number of halogens is 4. The molecular weight excluding hydrogens is 603 g/mol. The standard InChI is InChI=1S/C35H35ClF3N3O3/c1-20-15-26(16-21(2)33(20)36)44-14-8-13-28-27-11-7-12-29(32-22(3)41-42(5)23(32)4)30(27)18-31(28)34(43)40-19-24-9-6-10-25(17-24)45-35(37,38)39/h6-7,9-12,15-17H,8,13-14,18-19H2,1-5H3,(H,40,43). The Bertz CT molecular complexity index is 1770. The molecule has 1 amide bonds. The van der Waals surface area contributed by atoms with Crippen LogP contribution in [0.25, 0.3) is 16.7 Å². The van der Waals surface area contributed by atoms with Crippen LogP contribution in [0.2, 0.25) is 5.02 Å². The van der Waals surface area contributed by atoms with Crippen molar-refractivity contribution in [1.82, 2.24) is 15.1 Å². The maximum Gasteiger partial charge on any atom is 0.573 e. The van der Waals surface area contributed by atoms with Crippen molar-refractivity contribution >= 4 is 23.1 Å². The highest BCUT2D eigenvalue weighted by molar-refractivity contribution is 6.32. The number of allylic oxidation sites excluding steroid dienone is 1. The third kappa shape index (κ3) is 7.20. The zero-order valence-electron chi connectivity index (χ0n) is 25.9. The minimum absolute atomic E-state index is 0.0487. The van der Waals surface area contributed by atoms with Crippen LogP contribution in [0.4, 0.5) is 13.2 Å². The highest BCUT2D eigenvalue weighted by Crippen LogP contribution is 2.42. The molecule has 0 fully saturated rings. The van der Waals surface area contributed by atoms with E-state index in [1.165, 1.54) is 18.2 Å². The van der Waals surface area contributed by atoms with Crippen LogP contribution in [-0.4, -0.2) is 28.7 Å². The van der Waals surface area contributed by atoms with E-state index in [4.69, 9.17) is 16.3 Å². The molecule has 0 spiro atoms. The summed E-state index contributed by atoms with van der Waals surface area (Å²) in [6.07, 6.45) is -3.11. The monoisotopic (exact) mass is 637 g/mol. The maximum atomic E-state index is 13.7. The van der Waals surface area contributed by atoms with Gasteiger partial charge in [0, 0.05) is 41.9 Å². The zero-order chi connectivity index (χ0) is 32.5. The molecule has 0 saturated heterocycles. The Morgan fingerprint density at radius 1 is 1.00 bits per heavy atom. The molecule has 4 aromatic rings. The van der Waals surface area contributed by atoms with E-state index in [0.29, 0.717) is 37.0 Å². The van der Waals surface area contributed by atoms with Crippen LogP contribution in [0.1, 0.15) is 52.0 Å². The largest absolute Gasteiger partial charge is 0.573 e. The summed E-state index contributed by atoms with van der Waals surface area (Å²) in [5.41, 5.74) is 10.1. The molecule has 236 valence electrons. The summed E-state index contributed by atoms with van der Waals surface area (Å²) in [6, 6.07) is 15.6. The van der Waals surface area contributed by atoms with Gasteiger partial charge in [0.25, 0.3) is 0 Å². The second-order valence-electron chi connectivity index (χ2n) is 11.3. The number of aryl methyl sites for hydroxylation is 4. The first kappa shape index (κ1) is 32.2. The summed E-state index contributed by atoms with van der Waals surface area (Å²) in [7, 11) is 1.91. The van der Waals surface area contributed by atoms with Gasteiger partial charge in [-0.2, -0.15) is 5.10 Å². The first-order valence-electron chi connectivity index (χ1n) is 14.7. The number of rotatable bonds is 10. The quantitative estimate of drug-likeness (QED) is 0.178. The molecule has 0 unspecified atom stereocenters. The van der Waals surface area contributed by atoms with Gasteiger partial charge < -0.3 is 14.8 Å². The Hall–Kier alpha value is -4.24. The Kier molecular flexibility index (Phi) is 9.30. The predicted molar refractivity (Wildman–Crippen MR) is 169 cm³/mol. The normalized spacial score (nSPS) is 12.8. The first-order chi connectivity index (χ1) is 21.3. The molecule has 0 atom stereocenters. The molecule has 6 nitrogen and oxygen atoms in total. The fourth-order valence-electron chi connectivity index (χ4n) is 5.98. The maximum absolute atomic E-state index is 13.7. The zero-order valence-corrected chi connectivity index (χ0v) is 26.6. The topological polar surface area (TPSA) is 65.4 Å². The Morgan fingerprint density at radius 2 is 1.69 bits per heavy atom. The number of benzene rings is 3. The van der Waals surface area contributed by atoms with Gasteiger partial charge in [-0.25, -0.2) is 0 Å². The van der Waals surface area contributed by atoms with E-state index in [1.807, 2.05) is 63.7 Å². The predicted octanol–water partition coefficient (Wildman–Crippen LogP) is 8.36. The lowest BCUT2D eigenvalue weighted by atomic mass is 9.93. The van der Waals surface area contributed by atoms with Gasteiger partial charge in [-0.3, -0.25) is 9.48 Å². The van der Waals surface area contributed by atoms with Crippen LogP contribution in [0, 0.1) is 27.7 Å². The molecule has 0 radical (unpaired) electrons. The molecule has 3 aromatic carbocycles. The van der Waals surface area contributed by atoms with Crippen molar-refractivity contribution in [2.24, 2.45) is 7.05 Å². The van der Waals surface area contributed by atoms with E-state index in [-0.39, 0.29) is 18.2 Å². The Morgan fingerprint density at radius 3 is 2.36 bits per heavy atom. The Labute approximate surface area is 265 Å². The van der Waals surface area contributed by atoms with E-state index >= 15 is 0 Å². The fraction of sp³-hybridized carbons (Fsp3) is 0.314. The second kappa shape index (κ2) is 13.0. The summed E-state index contributed by atoms with van der Waals surface area (Å²) >= 11 is 6.31. The highest BCUT2D eigenvalue weighted by Gasteiger charge is 2.31. The van der Waals surface area contributed by atoms with Crippen molar-refractivity contribution in [3.8, 4) is 22.6 Å². The van der Waals surface area contributed by atoms with Crippen molar-refractivity contribution < 1.29 is 27.4 Å². The SMILES string of the molecule is Cc1cc(OCCCC2=C(C(=O)NCc3cccc(OC(F)(F)F)c3)Cc3c2cccc3-c2c(C)nn(C)c2C)cc(C)c1Cl. The van der Waals surface area contributed by atoms with Gasteiger partial charge in [-0.15, -0.1) is 13.2 Å². The molecule has 1 heterocycles. The highest BCUT2D eigenvalue weighted by atomic mass is 35.5. The molecule has 0 saturated carbocycles. The number of nitrogens with one attached hydrogen (secondary N) is 1. The van der Waals surface area contributed by atoms with E-state index in [2.05, 4.69) is 21.2 Å². The van der Waals surface area contributed by atoms with Crippen LogP contribution >= 0.6 is 11.6 Å². The van der Waals surface area contributed by atoms with Crippen molar-refractivity contribution in [1.29, 1.82) is 0 Å². The lowest BCUT2D eigenvalue weighted by Gasteiger charge is -2.13. The molecule has 10 heteroatoms. The molecule has 1 aliphatic carbocycles. The Balaban J connectivity index is 1.39. The molecule has 1 N–H and O–H groups in total. The van der Waals surface area contributed by atoms with Gasteiger partial charge in [0.15, 0.2) is 0 Å². The van der Waals surface area contributed by atoms with E-state index < -0.39 is 6.36 Å². The molecule has 1 aliphatic rings.